The molecule has 0 N–H and O–H groups in total. The highest BCUT2D eigenvalue weighted by Gasteiger charge is 2.31. The van der Waals surface area contributed by atoms with Gasteiger partial charge in [0, 0.05) is 24.5 Å². The van der Waals surface area contributed by atoms with Crippen LogP contribution in [0.1, 0.15) is 11.1 Å². The predicted molar refractivity (Wildman–Crippen MR) is 123 cm³/mol. The van der Waals surface area contributed by atoms with Gasteiger partial charge in [0.1, 0.15) is 0 Å². The highest BCUT2D eigenvalue weighted by molar-refractivity contribution is 7.71. The zero-order valence-electron chi connectivity index (χ0n) is 17.7. The summed E-state index contributed by atoms with van der Waals surface area (Å²) in [5.74, 6) is 0.581. The van der Waals surface area contributed by atoms with E-state index in [1.807, 2.05) is 53.1 Å². The molecule has 0 unspecified atom stereocenters. The van der Waals surface area contributed by atoms with E-state index in [9.17, 15) is 13.2 Å². The van der Waals surface area contributed by atoms with Crippen molar-refractivity contribution in [2.75, 3.05) is 6.54 Å². The summed E-state index contributed by atoms with van der Waals surface area (Å²) in [6.07, 6.45) is -1.05. The monoisotopic (exact) mass is 469 g/mol. The molecule has 0 bridgehead atoms. The first-order valence-corrected chi connectivity index (χ1v) is 10.7. The standard InChI is InChI=1S/C24H22F3N5S/c25-24(26,27)17-30(15-19-7-3-1-4-8-19)18-32-23(33)31(16-20-9-5-2-6-10-20)22(29-32)21-11-13-28-14-12-21/h1-14H,15-18H2. The van der Waals surface area contributed by atoms with Crippen LogP contribution in [0.25, 0.3) is 11.4 Å². The van der Waals surface area contributed by atoms with E-state index in [-0.39, 0.29) is 13.2 Å². The lowest BCUT2D eigenvalue weighted by Gasteiger charge is -2.23. The summed E-state index contributed by atoms with van der Waals surface area (Å²) in [6, 6.07) is 22.4. The molecule has 0 aliphatic carbocycles. The second-order valence-corrected chi connectivity index (χ2v) is 8.01. The maximum atomic E-state index is 13.3. The molecule has 9 heteroatoms. The second-order valence-electron chi connectivity index (χ2n) is 7.64. The summed E-state index contributed by atoms with van der Waals surface area (Å²) >= 11 is 5.68. The van der Waals surface area contributed by atoms with Crippen molar-refractivity contribution in [1.29, 1.82) is 0 Å². The first-order chi connectivity index (χ1) is 15.9. The van der Waals surface area contributed by atoms with Gasteiger partial charge >= 0.3 is 6.18 Å². The van der Waals surface area contributed by atoms with E-state index in [0.717, 1.165) is 16.7 Å². The zero-order chi connectivity index (χ0) is 23.3. The van der Waals surface area contributed by atoms with Crippen LogP contribution in [0.3, 0.4) is 0 Å². The summed E-state index contributed by atoms with van der Waals surface area (Å²) in [4.78, 5) is 5.34. The minimum Gasteiger partial charge on any atom is -0.295 e. The fourth-order valence-corrected chi connectivity index (χ4v) is 3.85. The summed E-state index contributed by atoms with van der Waals surface area (Å²) in [5, 5.41) is 4.63. The minimum absolute atomic E-state index is 0.0902. The minimum atomic E-state index is -4.35. The van der Waals surface area contributed by atoms with Crippen molar-refractivity contribution in [3.63, 3.8) is 0 Å². The van der Waals surface area contributed by atoms with Gasteiger partial charge < -0.3 is 0 Å². The Kier molecular flexibility index (Phi) is 7.00. The lowest BCUT2D eigenvalue weighted by Crippen LogP contribution is -2.35. The Hall–Kier alpha value is -3.30. The summed E-state index contributed by atoms with van der Waals surface area (Å²) in [5.41, 5.74) is 2.59. The van der Waals surface area contributed by atoms with E-state index in [1.54, 1.807) is 36.7 Å². The number of halogens is 3. The highest BCUT2D eigenvalue weighted by Crippen LogP contribution is 2.22. The van der Waals surface area contributed by atoms with Gasteiger partial charge in [-0.05, 0) is 35.5 Å². The number of aromatic nitrogens is 4. The maximum absolute atomic E-state index is 13.3. The smallest absolute Gasteiger partial charge is 0.295 e. The number of hydrogen-bond acceptors (Lipinski definition) is 4. The fraction of sp³-hybridized carbons (Fsp3) is 0.208. The average Bonchev–Trinajstić information content (AvgIpc) is 3.10. The number of nitrogens with zero attached hydrogens (tertiary/aromatic N) is 5. The molecular formula is C24H22F3N5S. The molecule has 0 spiro atoms. The van der Waals surface area contributed by atoms with Crippen LogP contribution < -0.4 is 0 Å². The molecule has 0 fully saturated rings. The van der Waals surface area contributed by atoms with Crippen LogP contribution in [0.5, 0.6) is 0 Å². The lowest BCUT2D eigenvalue weighted by atomic mass is 10.2. The van der Waals surface area contributed by atoms with Gasteiger partial charge in [-0.3, -0.25) is 14.5 Å². The molecule has 5 nitrogen and oxygen atoms in total. The van der Waals surface area contributed by atoms with Gasteiger partial charge in [0.05, 0.1) is 19.8 Å². The van der Waals surface area contributed by atoms with E-state index in [2.05, 4.69) is 10.1 Å². The molecular weight excluding hydrogens is 447 g/mol. The average molecular weight is 470 g/mol. The summed E-state index contributed by atoms with van der Waals surface area (Å²) in [7, 11) is 0. The molecule has 33 heavy (non-hydrogen) atoms. The number of alkyl halides is 3. The molecule has 2 heterocycles. The fourth-order valence-electron chi connectivity index (χ4n) is 3.60. The molecule has 0 saturated heterocycles. The molecule has 170 valence electrons. The van der Waals surface area contributed by atoms with E-state index in [4.69, 9.17) is 12.2 Å². The highest BCUT2D eigenvalue weighted by atomic mass is 32.1. The first kappa shape index (κ1) is 22.9. The normalized spacial score (nSPS) is 11.8. The second kappa shape index (κ2) is 10.1. The Morgan fingerprint density at radius 1 is 0.848 bits per heavy atom. The molecule has 0 aliphatic heterocycles. The molecule has 2 aromatic heterocycles. The third-order valence-corrected chi connectivity index (χ3v) is 5.46. The van der Waals surface area contributed by atoms with Gasteiger partial charge in [0.2, 0.25) is 0 Å². The summed E-state index contributed by atoms with van der Waals surface area (Å²) in [6.45, 7) is -0.583. The van der Waals surface area contributed by atoms with Gasteiger partial charge in [0.15, 0.2) is 10.6 Å². The van der Waals surface area contributed by atoms with Gasteiger partial charge in [0.25, 0.3) is 0 Å². The van der Waals surface area contributed by atoms with E-state index < -0.39 is 12.7 Å². The Labute approximate surface area is 194 Å². The van der Waals surface area contributed by atoms with Crippen LogP contribution in [-0.2, 0) is 19.8 Å². The molecule has 0 saturated carbocycles. The van der Waals surface area contributed by atoms with Crippen molar-refractivity contribution in [2.24, 2.45) is 0 Å². The van der Waals surface area contributed by atoms with Crippen molar-refractivity contribution in [2.45, 2.75) is 25.9 Å². The van der Waals surface area contributed by atoms with Crippen molar-refractivity contribution in [3.8, 4) is 11.4 Å². The molecule has 0 amide bonds. The molecule has 4 rings (SSSR count). The SMILES string of the molecule is FC(F)(F)CN(Cc1ccccc1)Cn1nc(-c2ccncc2)n(Cc2ccccc2)c1=S. The number of benzene rings is 2. The number of hydrogen-bond donors (Lipinski definition) is 0. The van der Waals surface area contributed by atoms with E-state index in [1.165, 1.54) is 9.58 Å². The summed E-state index contributed by atoms with van der Waals surface area (Å²) < 4.78 is 43.7. The zero-order valence-corrected chi connectivity index (χ0v) is 18.5. The predicted octanol–water partition coefficient (Wildman–Crippen LogP) is 5.55. The van der Waals surface area contributed by atoms with Crippen LogP contribution >= 0.6 is 12.2 Å². The maximum Gasteiger partial charge on any atom is 0.401 e. The van der Waals surface area contributed by atoms with Crippen molar-refractivity contribution < 1.29 is 13.2 Å². The van der Waals surface area contributed by atoms with Crippen LogP contribution in [0.15, 0.2) is 85.2 Å². The Morgan fingerprint density at radius 3 is 2.06 bits per heavy atom. The van der Waals surface area contributed by atoms with Crippen molar-refractivity contribution in [1.82, 2.24) is 24.2 Å². The number of rotatable bonds is 8. The van der Waals surface area contributed by atoms with E-state index in [0.29, 0.717) is 17.1 Å². The lowest BCUT2D eigenvalue weighted by molar-refractivity contribution is -0.151. The first-order valence-electron chi connectivity index (χ1n) is 10.3. The van der Waals surface area contributed by atoms with E-state index >= 15 is 0 Å². The van der Waals surface area contributed by atoms with Crippen LogP contribution in [0.2, 0.25) is 0 Å². The largest absolute Gasteiger partial charge is 0.401 e. The van der Waals surface area contributed by atoms with Crippen molar-refractivity contribution in [3.05, 3.63) is 101 Å². The van der Waals surface area contributed by atoms with Gasteiger partial charge in [-0.15, -0.1) is 0 Å². The topological polar surface area (TPSA) is 38.9 Å². The molecule has 4 aromatic rings. The Balaban J connectivity index is 1.70. The molecule has 0 aliphatic rings. The van der Waals surface area contributed by atoms with Gasteiger partial charge in [-0.1, -0.05) is 60.7 Å². The molecule has 0 radical (unpaired) electrons. The van der Waals surface area contributed by atoms with Crippen LogP contribution in [0.4, 0.5) is 13.2 Å². The van der Waals surface area contributed by atoms with Crippen molar-refractivity contribution >= 4 is 12.2 Å². The Bertz CT molecular complexity index is 1220. The molecule has 2 aromatic carbocycles. The third kappa shape index (κ3) is 6.15. The van der Waals surface area contributed by atoms with Gasteiger partial charge in [-0.2, -0.15) is 18.3 Å². The Morgan fingerprint density at radius 2 is 1.45 bits per heavy atom. The van der Waals surface area contributed by atoms with Crippen LogP contribution in [0, 0.1) is 4.77 Å². The third-order valence-electron chi connectivity index (χ3n) is 5.03. The quantitative estimate of drug-likeness (QED) is 0.318. The molecule has 0 atom stereocenters. The van der Waals surface area contributed by atoms with Crippen LogP contribution in [-0.4, -0.2) is 37.0 Å². The van der Waals surface area contributed by atoms with Gasteiger partial charge in [-0.25, -0.2) is 4.68 Å². The number of pyridine rings is 1.